The number of nitriles is 1. The highest BCUT2D eigenvalue weighted by Crippen LogP contribution is 2.29. The smallest absolute Gasteiger partial charge is 0.114 e. The van der Waals surface area contributed by atoms with E-state index in [4.69, 9.17) is 0 Å². The Morgan fingerprint density at radius 3 is 2.59 bits per heavy atom. The van der Waals surface area contributed by atoms with Crippen LogP contribution in [0, 0.1) is 18.3 Å². The van der Waals surface area contributed by atoms with Gasteiger partial charge in [0.1, 0.15) is 11.1 Å². The fourth-order valence-electron chi connectivity index (χ4n) is 1.66. The van der Waals surface area contributed by atoms with Crippen molar-refractivity contribution in [3.8, 4) is 17.2 Å². The standard InChI is InChI=1S/C13H11N3S/c1-9-7-11(10-3-5-15-6-4-10)12(8-14)13(16-9)17-2/h3-7H,1-2H3. The zero-order valence-electron chi connectivity index (χ0n) is 9.64. The molecule has 0 fully saturated rings. The lowest BCUT2D eigenvalue weighted by Crippen LogP contribution is -1.94. The van der Waals surface area contributed by atoms with Gasteiger partial charge in [-0.05, 0) is 36.9 Å². The second-order valence-corrected chi connectivity index (χ2v) is 4.34. The minimum absolute atomic E-state index is 0.634. The average Bonchev–Trinajstić information content (AvgIpc) is 2.38. The molecule has 17 heavy (non-hydrogen) atoms. The van der Waals surface area contributed by atoms with Crippen LogP contribution in [-0.2, 0) is 0 Å². The molecule has 0 aliphatic heterocycles. The van der Waals surface area contributed by atoms with Gasteiger partial charge in [-0.15, -0.1) is 11.8 Å². The van der Waals surface area contributed by atoms with E-state index in [0.29, 0.717) is 5.56 Å². The van der Waals surface area contributed by atoms with E-state index in [1.165, 1.54) is 11.8 Å². The van der Waals surface area contributed by atoms with Crippen molar-refractivity contribution in [2.75, 3.05) is 6.26 Å². The van der Waals surface area contributed by atoms with Crippen molar-refractivity contribution >= 4 is 11.8 Å². The maximum atomic E-state index is 9.26. The van der Waals surface area contributed by atoms with Crippen LogP contribution in [-0.4, -0.2) is 16.2 Å². The molecule has 0 amide bonds. The lowest BCUT2D eigenvalue weighted by atomic mass is 10.0. The Labute approximate surface area is 105 Å². The summed E-state index contributed by atoms with van der Waals surface area (Å²) in [6, 6.07) is 7.98. The molecule has 3 nitrogen and oxygen atoms in total. The minimum Gasteiger partial charge on any atom is -0.265 e. The molecule has 0 atom stereocenters. The van der Waals surface area contributed by atoms with Crippen LogP contribution < -0.4 is 0 Å². The van der Waals surface area contributed by atoms with Crippen LogP contribution in [0.15, 0.2) is 35.6 Å². The van der Waals surface area contributed by atoms with Crippen LogP contribution in [0.25, 0.3) is 11.1 Å². The number of pyridine rings is 2. The van der Waals surface area contributed by atoms with Gasteiger partial charge in [0.25, 0.3) is 0 Å². The van der Waals surface area contributed by atoms with Gasteiger partial charge in [0.05, 0.1) is 5.56 Å². The lowest BCUT2D eigenvalue weighted by Gasteiger charge is -2.08. The molecule has 0 radical (unpaired) electrons. The summed E-state index contributed by atoms with van der Waals surface area (Å²) in [6.07, 6.45) is 5.38. The van der Waals surface area contributed by atoms with E-state index < -0.39 is 0 Å². The second kappa shape index (κ2) is 4.98. The average molecular weight is 241 g/mol. The molecular formula is C13H11N3S. The Balaban J connectivity index is 2.70. The summed E-state index contributed by atoms with van der Waals surface area (Å²) < 4.78 is 0. The van der Waals surface area contributed by atoms with Crippen molar-refractivity contribution in [2.24, 2.45) is 0 Å². The Morgan fingerprint density at radius 1 is 1.29 bits per heavy atom. The van der Waals surface area contributed by atoms with Gasteiger partial charge < -0.3 is 0 Å². The number of nitrogens with zero attached hydrogens (tertiary/aromatic N) is 3. The first kappa shape index (κ1) is 11.6. The van der Waals surface area contributed by atoms with Crippen LogP contribution in [0.4, 0.5) is 0 Å². The second-order valence-electron chi connectivity index (χ2n) is 3.54. The van der Waals surface area contributed by atoms with E-state index in [1.807, 2.05) is 31.4 Å². The number of aromatic nitrogens is 2. The molecule has 0 N–H and O–H groups in total. The van der Waals surface area contributed by atoms with Crippen LogP contribution in [0.5, 0.6) is 0 Å². The summed E-state index contributed by atoms with van der Waals surface area (Å²) in [6.45, 7) is 1.94. The molecule has 0 saturated carbocycles. The predicted molar refractivity (Wildman–Crippen MR) is 68.7 cm³/mol. The van der Waals surface area contributed by atoms with Crippen LogP contribution in [0.2, 0.25) is 0 Å². The molecule has 2 aromatic heterocycles. The zero-order valence-corrected chi connectivity index (χ0v) is 10.5. The highest BCUT2D eigenvalue weighted by molar-refractivity contribution is 7.98. The van der Waals surface area contributed by atoms with Crippen molar-refractivity contribution in [1.82, 2.24) is 9.97 Å². The summed E-state index contributed by atoms with van der Waals surface area (Å²) in [4.78, 5) is 8.36. The first-order valence-corrected chi connectivity index (χ1v) is 6.35. The third-order valence-corrected chi connectivity index (χ3v) is 3.09. The highest BCUT2D eigenvalue weighted by Gasteiger charge is 2.11. The zero-order chi connectivity index (χ0) is 12.3. The van der Waals surface area contributed by atoms with Gasteiger partial charge in [-0.1, -0.05) is 0 Å². The summed E-state index contributed by atoms with van der Waals surface area (Å²) >= 11 is 1.49. The number of thioether (sulfide) groups is 1. The molecule has 0 bridgehead atoms. The summed E-state index contributed by atoms with van der Waals surface area (Å²) in [5.74, 6) is 0. The molecule has 0 aromatic carbocycles. The van der Waals surface area contributed by atoms with E-state index in [2.05, 4.69) is 16.0 Å². The lowest BCUT2D eigenvalue weighted by molar-refractivity contribution is 1.05. The molecule has 2 aromatic rings. The van der Waals surface area contributed by atoms with E-state index in [-0.39, 0.29) is 0 Å². The number of hydrogen-bond donors (Lipinski definition) is 0. The normalized spacial score (nSPS) is 9.94. The van der Waals surface area contributed by atoms with E-state index in [9.17, 15) is 5.26 Å². The van der Waals surface area contributed by atoms with Crippen molar-refractivity contribution in [3.05, 3.63) is 41.9 Å². The van der Waals surface area contributed by atoms with Crippen molar-refractivity contribution in [1.29, 1.82) is 5.26 Å². The van der Waals surface area contributed by atoms with Gasteiger partial charge in [0.2, 0.25) is 0 Å². The minimum atomic E-state index is 0.634. The maximum absolute atomic E-state index is 9.26. The molecule has 0 saturated heterocycles. The van der Waals surface area contributed by atoms with E-state index in [0.717, 1.165) is 21.8 Å². The molecule has 84 valence electrons. The number of aryl methyl sites for hydroxylation is 1. The summed E-state index contributed by atoms with van der Waals surface area (Å²) in [5.41, 5.74) is 3.47. The SMILES string of the molecule is CSc1nc(C)cc(-c2ccncc2)c1C#N. The first-order chi connectivity index (χ1) is 8.26. The number of hydrogen-bond acceptors (Lipinski definition) is 4. The molecule has 0 unspecified atom stereocenters. The van der Waals surface area contributed by atoms with Gasteiger partial charge in [-0.2, -0.15) is 5.26 Å². The van der Waals surface area contributed by atoms with E-state index in [1.54, 1.807) is 12.4 Å². The van der Waals surface area contributed by atoms with Crippen LogP contribution in [0.3, 0.4) is 0 Å². The summed E-state index contributed by atoms with van der Waals surface area (Å²) in [7, 11) is 0. The Hall–Kier alpha value is -1.86. The Morgan fingerprint density at radius 2 is 2.00 bits per heavy atom. The third kappa shape index (κ3) is 2.29. The van der Waals surface area contributed by atoms with E-state index >= 15 is 0 Å². The molecule has 0 aliphatic rings. The van der Waals surface area contributed by atoms with Gasteiger partial charge in [-0.25, -0.2) is 4.98 Å². The fourth-order valence-corrected chi connectivity index (χ4v) is 2.25. The summed E-state index contributed by atoms with van der Waals surface area (Å²) in [5, 5.41) is 10.0. The number of rotatable bonds is 2. The molecule has 0 spiro atoms. The first-order valence-electron chi connectivity index (χ1n) is 5.12. The Bertz CT molecular complexity index is 573. The Kier molecular flexibility index (Phi) is 3.40. The topological polar surface area (TPSA) is 49.6 Å². The third-order valence-electron chi connectivity index (χ3n) is 2.41. The quantitative estimate of drug-likeness (QED) is 0.758. The van der Waals surface area contributed by atoms with Crippen LogP contribution >= 0.6 is 11.8 Å². The molecule has 0 aliphatic carbocycles. The monoisotopic (exact) mass is 241 g/mol. The highest BCUT2D eigenvalue weighted by atomic mass is 32.2. The van der Waals surface area contributed by atoms with Gasteiger partial charge >= 0.3 is 0 Å². The van der Waals surface area contributed by atoms with Crippen molar-refractivity contribution in [3.63, 3.8) is 0 Å². The van der Waals surface area contributed by atoms with Crippen LogP contribution in [0.1, 0.15) is 11.3 Å². The van der Waals surface area contributed by atoms with Gasteiger partial charge in [-0.3, -0.25) is 4.98 Å². The van der Waals surface area contributed by atoms with Gasteiger partial charge in [0, 0.05) is 23.7 Å². The molecule has 2 rings (SSSR count). The van der Waals surface area contributed by atoms with Crippen molar-refractivity contribution < 1.29 is 0 Å². The fraction of sp³-hybridized carbons (Fsp3) is 0.154. The van der Waals surface area contributed by atoms with Crippen molar-refractivity contribution in [2.45, 2.75) is 11.9 Å². The molecule has 4 heteroatoms. The van der Waals surface area contributed by atoms with Gasteiger partial charge in [0.15, 0.2) is 0 Å². The molecular weight excluding hydrogens is 230 g/mol. The predicted octanol–water partition coefficient (Wildman–Crippen LogP) is 3.05. The largest absolute Gasteiger partial charge is 0.265 e. The molecule has 2 heterocycles. The maximum Gasteiger partial charge on any atom is 0.114 e.